The maximum atomic E-state index is 12.8. The Morgan fingerprint density at radius 1 is 0.935 bits per heavy atom. The number of nitrogens with zero attached hydrogens (tertiary/aromatic N) is 3. The fourth-order valence-electron chi connectivity index (χ4n) is 2.78. The highest BCUT2D eigenvalue weighted by Crippen LogP contribution is 2.37. The predicted octanol–water partition coefficient (Wildman–Crippen LogP) is 4.72. The van der Waals surface area contributed by atoms with Gasteiger partial charge in [0, 0.05) is 35.4 Å². The zero-order valence-electron chi connectivity index (χ0n) is 15.7. The number of halogens is 4. The minimum atomic E-state index is -3.28. The molecule has 0 aliphatic heterocycles. The molecule has 0 amide bonds. The Bertz CT molecular complexity index is 1040. The number of carboxylic acid groups (broad SMARTS) is 1. The molecule has 0 atom stereocenters. The highest BCUT2D eigenvalue weighted by Gasteiger charge is 2.19. The summed E-state index contributed by atoms with van der Waals surface area (Å²) in [5, 5.41) is 9.29. The smallest absolute Gasteiger partial charge is 0.387 e. The van der Waals surface area contributed by atoms with Crippen molar-refractivity contribution in [2.75, 3.05) is 4.90 Å². The zero-order valence-corrected chi connectivity index (χ0v) is 15.7. The monoisotopic (exact) mass is 437 g/mol. The Balaban J connectivity index is 2.08. The Morgan fingerprint density at radius 3 is 2.23 bits per heavy atom. The summed E-state index contributed by atoms with van der Waals surface area (Å²) < 4.78 is 59.5. The van der Waals surface area contributed by atoms with E-state index < -0.39 is 30.7 Å². The van der Waals surface area contributed by atoms with Crippen molar-refractivity contribution in [2.24, 2.45) is 0 Å². The van der Waals surface area contributed by atoms with E-state index in [4.69, 9.17) is 0 Å². The van der Waals surface area contributed by atoms with Crippen molar-refractivity contribution in [1.29, 1.82) is 0 Å². The summed E-state index contributed by atoms with van der Waals surface area (Å²) in [5.41, 5.74) is 1.26. The lowest BCUT2D eigenvalue weighted by molar-refractivity contribution is -0.0692. The fourth-order valence-corrected chi connectivity index (χ4v) is 2.78. The van der Waals surface area contributed by atoms with E-state index in [0.717, 1.165) is 12.1 Å². The number of aromatic nitrogens is 2. The molecular weight excluding hydrogens is 422 g/mol. The molecule has 7 nitrogen and oxygen atoms in total. The van der Waals surface area contributed by atoms with Crippen LogP contribution in [0.15, 0.2) is 61.2 Å². The first-order valence-corrected chi connectivity index (χ1v) is 8.72. The Hall–Kier alpha value is -3.89. The number of benzene rings is 2. The molecule has 3 rings (SSSR count). The molecule has 1 aromatic heterocycles. The number of carboxylic acids is 1. The number of alkyl halides is 4. The summed E-state index contributed by atoms with van der Waals surface area (Å²) in [6.45, 7) is -6.40. The van der Waals surface area contributed by atoms with Crippen molar-refractivity contribution in [3.8, 4) is 11.5 Å². The second kappa shape index (κ2) is 9.74. The normalized spacial score (nSPS) is 10.9. The zero-order chi connectivity index (χ0) is 22.4. The molecule has 0 radical (unpaired) electrons. The van der Waals surface area contributed by atoms with Crippen LogP contribution in [0.5, 0.6) is 11.5 Å². The van der Waals surface area contributed by atoms with Gasteiger partial charge in [-0.25, -0.2) is 14.8 Å². The molecule has 0 fully saturated rings. The maximum absolute atomic E-state index is 12.8. The minimum Gasteiger partial charge on any atom is -0.478 e. The van der Waals surface area contributed by atoms with Gasteiger partial charge in [-0.1, -0.05) is 6.07 Å². The van der Waals surface area contributed by atoms with Gasteiger partial charge in [-0.2, -0.15) is 17.6 Å². The van der Waals surface area contributed by atoms with Crippen LogP contribution in [-0.2, 0) is 6.54 Å². The SMILES string of the molecule is O=C(O)c1cccc(N(Cc2cncnc2)c2ccc(OC(F)F)c(OC(F)F)c2)c1. The van der Waals surface area contributed by atoms with E-state index in [9.17, 15) is 27.5 Å². The second-order valence-electron chi connectivity index (χ2n) is 6.08. The average molecular weight is 437 g/mol. The van der Waals surface area contributed by atoms with Gasteiger partial charge in [0.2, 0.25) is 0 Å². The number of ether oxygens (including phenoxy) is 2. The van der Waals surface area contributed by atoms with E-state index in [-0.39, 0.29) is 17.8 Å². The fraction of sp³-hybridized carbons (Fsp3) is 0.150. The van der Waals surface area contributed by atoms with E-state index in [1.165, 1.54) is 43.0 Å². The number of carbonyl (C=O) groups is 1. The lowest BCUT2D eigenvalue weighted by Crippen LogP contribution is -2.18. The van der Waals surface area contributed by atoms with Crippen LogP contribution in [0.1, 0.15) is 15.9 Å². The number of rotatable bonds is 9. The van der Waals surface area contributed by atoms with E-state index in [1.54, 1.807) is 11.0 Å². The molecule has 1 N–H and O–H groups in total. The van der Waals surface area contributed by atoms with Gasteiger partial charge in [0.25, 0.3) is 0 Å². The maximum Gasteiger partial charge on any atom is 0.387 e. The summed E-state index contributed by atoms with van der Waals surface area (Å²) in [7, 11) is 0. The average Bonchev–Trinajstić information content (AvgIpc) is 2.73. The first-order chi connectivity index (χ1) is 14.8. The molecule has 162 valence electrons. The van der Waals surface area contributed by atoms with Gasteiger partial charge < -0.3 is 19.5 Å². The quantitative estimate of drug-likeness (QED) is 0.485. The number of anilines is 2. The molecule has 11 heteroatoms. The van der Waals surface area contributed by atoms with Crippen LogP contribution in [0.3, 0.4) is 0 Å². The lowest BCUT2D eigenvalue weighted by atomic mass is 10.1. The van der Waals surface area contributed by atoms with Crippen molar-refractivity contribution >= 4 is 17.3 Å². The molecule has 0 spiro atoms. The molecule has 0 aliphatic rings. The van der Waals surface area contributed by atoms with Gasteiger partial charge in [-0.15, -0.1) is 0 Å². The highest BCUT2D eigenvalue weighted by molar-refractivity contribution is 5.89. The van der Waals surface area contributed by atoms with Crippen molar-refractivity contribution in [1.82, 2.24) is 9.97 Å². The van der Waals surface area contributed by atoms with E-state index in [1.807, 2.05) is 0 Å². The largest absolute Gasteiger partial charge is 0.478 e. The van der Waals surface area contributed by atoms with Crippen LogP contribution >= 0.6 is 0 Å². The molecule has 1 heterocycles. The van der Waals surface area contributed by atoms with Crippen LogP contribution in [-0.4, -0.2) is 34.3 Å². The third-order valence-corrected chi connectivity index (χ3v) is 4.03. The van der Waals surface area contributed by atoms with Crippen LogP contribution in [0.2, 0.25) is 0 Å². The summed E-state index contributed by atoms with van der Waals surface area (Å²) in [4.78, 5) is 20.8. The molecular formula is C20H15F4N3O4. The van der Waals surface area contributed by atoms with Crippen LogP contribution in [0.4, 0.5) is 28.9 Å². The third-order valence-electron chi connectivity index (χ3n) is 4.03. The van der Waals surface area contributed by atoms with Crippen LogP contribution in [0.25, 0.3) is 0 Å². The second-order valence-corrected chi connectivity index (χ2v) is 6.08. The third kappa shape index (κ3) is 5.81. The molecule has 2 aromatic carbocycles. The molecule has 0 saturated carbocycles. The van der Waals surface area contributed by atoms with Gasteiger partial charge in [-0.3, -0.25) is 0 Å². The van der Waals surface area contributed by atoms with Crippen molar-refractivity contribution < 1.29 is 36.9 Å². The van der Waals surface area contributed by atoms with Gasteiger partial charge in [-0.05, 0) is 30.3 Å². The lowest BCUT2D eigenvalue weighted by Gasteiger charge is -2.26. The molecule has 0 saturated heterocycles. The first-order valence-electron chi connectivity index (χ1n) is 8.72. The van der Waals surface area contributed by atoms with Gasteiger partial charge >= 0.3 is 19.2 Å². The summed E-state index contributed by atoms with van der Waals surface area (Å²) in [6, 6.07) is 9.40. The van der Waals surface area contributed by atoms with Gasteiger partial charge in [0.05, 0.1) is 12.1 Å². The van der Waals surface area contributed by atoms with Gasteiger partial charge in [0.1, 0.15) is 6.33 Å². The number of hydrogen-bond acceptors (Lipinski definition) is 6. The van der Waals surface area contributed by atoms with Crippen LogP contribution < -0.4 is 14.4 Å². The number of hydrogen-bond donors (Lipinski definition) is 1. The van der Waals surface area contributed by atoms with Crippen molar-refractivity contribution in [2.45, 2.75) is 19.8 Å². The molecule has 0 unspecified atom stereocenters. The minimum absolute atomic E-state index is 0.00600. The number of aromatic carboxylic acids is 1. The Morgan fingerprint density at radius 2 is 1.58 bits per heavy atom. The predicted molar refractivity (Wildman–Crippen MR) is 101 cm³/mol. The Kier molecular flexibility index (Phi) is 6.85. The topological polar surface area (TPSA) is 84.8 Å². The highest BCUT2D eigenvalue weighted by atomic mass is 19.3. The van der Waals surface area contributed by atoms with Gasteiger partial charge in [0.15, 0.2) is 11.5 Å². The Labute approximate surface area is 173 Å². The molecule has 0 aliphatic carbocycles. The van der Waals surface area contributed by atoms with E-state index in [0.29, 0.717) is 11.3 Å². The van der Waals surface area contributed by atoms with Crippen molar-refractivity contribution in [3.63, 3.8) is 0 Å². The standard InChI is InChI=1S/C20H15F4N3O4/c21-19(22)30-16-5-4-15(7-17(16)31-20(23)24)27(10-12-8-25-11-26-9-12)14-3-1-2-13(6-14)18(28)29/h1-9,11,19-20H,10H2,(H,28,29). The van der Waals surface area contributed by atoms with E-state index >= 15 is 0 Å². The molecule has 31 heavy (non-hydrogen) atoms. The van der Waals surface area contributed by atoms with Crippen LogP contribution in [0, 0.1) is 0 Å². The van der Waals surface area contributed by atoms with Crippen molar-refractivity contribution in [3.05, 3.63) is 72.3 Å². The summed E-state index contributed by atoms with van der Waals surface area (Å²) in [5.74, 6) is -2.33. The summed E-state index contributed by atoms with van der Waals surface area (Å²) >= 11 is 0. The molecule has 0 bridgehead atoms. The molecule has 3 aromatic rings. The first kappa shape index (κ1) is 21.8. The van der Waals surface area contributed by atoms with E-state index in [2.05, 4.69) is 19.4 Å². The summed E-state index contributed by atoms with van der Waals surface area (Å²) in [6.07, 6.45) is 4.36.